The summed E-state index contributed by atoms with van der Waals surface area (Å²) in [6.45, 7) is 10.7. The number of nitrogens with zero attached hydrogens (tertiary/aromatic N) is 1. The van der Waals surface area contributed by atoms with E-state index in [4.69, 9.17) is 5.73 Å². The lowest BCUT2D eigenvalue weighted by atomic mass is 10.1. The average Bonchev–Trinajstić information content (AvgIpc) is 2.38. The Morgan fingerprint density at radius 2 is 1.63 bits per heavy atom. The molecule has 0 saturated heterocycles. The van der Waals surface area contributed by atoms with Gasteiger partial charge in [0, 0.05) is 11.6 Å². The average molecular weight is 268 g/mol. The van der Waals surface area contributed by atoms with Crippen LogP contribution in [0.5, 0.6) is 0 Å². The monoisotopic (exact) mass is 268 g/mol. The normalized spacial score (nSPS) is 13.8. The largest absolute Gasteiger partial charge is 0.366 e. The van der Waals surface area contributed by atoms with Gasteiger partial charge in [0.15, 0.2) is 0 Å². The molecule has 0 radical (unpaired) electrons. The molecule has 112 valence electrons. The predicted octanol–water partition coefficient (Wildman–Crippen LogP) is 3.49. The van der Waals surface area contributed by atoms with Gasteiger partial charge in [-0.1, -0.05) is 46.1 Å². The fraction of sp³-hybridized carbons (Fsp3) is 0.812. The summed E-state index contributed by atoms with van der Waals surface area (Å²) in [6, 6.07) is 0.357. The van der Waals surface area contributed by atoms with E-state index >= 15 is 0 Å². The summed E-state index contributed by atoms with van der Waals surface area (Å²) in [5.41, 5.74) is 6.05. The second-order valence-corrected chi connectivity index (χ2v) is 5.31. The fourth-order valence-corrected chi connectivity index (χ4v) is 2.20. The minimum atomic E-state index is -0.299. The van der Waals surface area contributed by atoms with Gasteiger partial charge in [-0.3, -0.25) is 9.69 Å². The second kappa shape index (κ2) is 11.0. The Balaban J connectivity index is 4.80. The Morgan fingerprint density at radius 1 is 1.11 bits per heavy atom. The molecule has 0 saturated carbocycles. The highest BCUT2D eigenvalue weighted by molar-refractivity contribution is 5.91. The van der Waals surface area contributed by atoms with Gasteiger partial charge in [-0.25, -0.2) is 0 Å². The Kier molecular flexibility index (Phi) is 10.6. The van der Waals surface area contributed by atoms with Gasteiger partial charge >= 0.3 is 0 Å². The molecule has 3 nitrogen and oxygen atoms in total. The third-order valence-electron chi connectivity index (χ3n) is 3.48. The molecule has 0 rings (SSSR count). The van der Waals surface area contributed by atoms with E-state index in [1.165, 1.54) is 25.7 Å². The van der Waals surface area contributed by atoms with Crippen LogP contribution in [-0.4, -0.2) is 29.9 Å². The zero-order valence-electron chi connectivity index (χ0n) is 13.2. The van der Waals surface area contributed by atoms with Crippen LogP contribution in [0.4, 0.5) is 0 Å². The van der Waals surface area contributed by atoms with Crippen LogP contribution in [0.3, 0.4) is 0 Å². The predicted molar refractivity (Wildman–Crippen MR) is 83.0 cm³/mol. The molecule has 2 N–H and O–H groups in total. The van der Waals surface area contributed by atoms with Gasteiger partial charge in [0.2, 0.25) is 5.91 Å². The maximum atomic E-state index is 11.2. The standard InChI is InChI=1S/C16H32N2O/c1-5-8-11-18(12-9-6-2)15(10-7-3)13-14(4)16(17)19/h13,15H,5-12H2,1-4H3,(H2,17,19). The Morgan fingerprint density at radius 3 is 2.00 bits per heavy atom. The van der Waals surface area contributed by atoms with Crippen LogP contribution in [0.1, 0.15) is 66.2 Å². The van der Waals surface area contributed by atoms with Crippen molar-refractivity contribution < 1.29 is 4.79 Å². The first kappa shape index (κ1) is 18.2. The van der Waals surface area contributed by atoms with Crippen molar-refractivity contribution in [2.75, 3.05) is 13.1 Å². The van der Waals surface area contributed by atoms with Crippen molar-refractivity contribution in [1.29, 1.82) is 0 Å². The number of carbonyl (C=O) groups excluding carboxylic acids is 1. The van der Waals surface area contributed by atoms with Crippen LogP contribution < -0.4 is 5.73 Å². The maximum Gasteiger partial charge on any atom is 0.244 e. The minimum Gasteiger partial charge on any atom is -0.366 e. The molecule has 0 fully saturated rings. The van der Waals surface area contributed by atoms with E-state index in [1.54, 1.807) is 0 Å². The summed E-state index contributed by atoms with van der Waals surface area (Å²) in [5.74, 6) is -0.299. The van der Waals surface area contributed by atoms with E-state index in [0.29, 0.717) is 11.6 Å². The molecule has 0 aliphatic heterocycles. The molecule has 19 heavy (non-hydrogen) atoms. The molecular weight excluding hydrogens is 236 g/mol. The lowest BCUT2D eigenvalue weighted by Gasteiger charge is -2.30. The molecule has 0 aromatic carbocycles. The Hall–Kier alpha value is -0.830. The quantitative estimate of drug-likeness (QED) is 0.583. The van der Waals surface area contributed by atoms with Gasteiger partial charge in [0.25, 0.3) is 0 Å². The van der Waals surface area contributed by atoms with Crippen LogP contribution in [0, 0.1) is 0 Å². The molecule has 1 unspecified atom stereocenters. The molecule has 1 amide bonds. The number of hydrogen-bond acceptors (Lipinski definition) is 2. The Bertz CT molecular complexity index is 266. The van der Waals surface area contributed by atoms with Crippen molar-refractivity contribution in [2.45, 2.75) is 72.3 Å². The topological polar surface area (TPSA) is 46.3 Å². The third-order valence-corrected chi connectivity index (χ3v) is 3.48. The first-order valence-corrected chi connectivity index (χ1v) is 7.79. The minimum absolute atomic E-state index is 0.299. The lowest BCUT2D eigenvalue weighted by molar-refractivity contribution is -0.114. The molecule has 0 aliphatic carbocycles. The smallest absolute Gasteiger partial charge is 0.244 e. The van der Waals surface area contributed by atoms with Gasteiger partial charge in [0.1, 0.15) is 0 Å². The summed E-state index contributed by atoms with van der Waals surface area (Å²) in [7, 11) is 0. The van der Waals surface area contributed by atoms with E-state index in [1.807, 2.05) is 6.92 Å². The van der Waals surface area contributed by atoms with Crippen LogP contribution in [-0.2, 0) is 4.79 Å². The fourth-order valence-electron chi connectivity index (χ4n) is 2.20. The lowest BCUT2D eigenvalue weighted by Crippen LogP contribution is -2.36. The van der Waals surface area contributed by atoms with Crippen molar-refractivity contribution in [3.63, 3.8) is 0 Å². The molecule has 0 aliphatic rings. The molecule has 0 aromatic rings. The molecule has 3 heteroatoms. The first-order valence-electron chi connectivity index (χ1n) is 7.79. The third kappa shape index (κ3) is 8.04. The molecule has 0 aromatic heterocycles. The number of nitrogens with two attached hydrogens (primary N) is 1. The van der Waals surface area contributed by atoms with E-state index in [2.05, 4.69) is 31.7 Å². The van der Waals surface area contributed by atoms with Crippen molar-refractivity contribution in [3.8, 4) is 0 Å². The van der Waals surface area contributed by atoms with Gasteiger partial charge < -0.3 is 5.73 Å². The van der Waals surface area contributed by atoms with Gasteiger partial charge in [-0.15, -0.1) is 0 Å². The first-order chi connectivity index (χ1) is 9.06. The molecule has 0 heterocycles. The van der Waals surface area contributed by atoms with Crippen LogP contribution in [0.15, 0.2) is 11.6 Å². The van der Waals surface area contributed by atoms with Crippen LogP contribution in [0.2, 0.25) is 0 Å². The number of hydrogen-bond donors (Lipinski definition) is 1. The zero-order valence-corrected chi connectivity index (χ0v) is 13.2. The summed E-state index contributed by atoms with van der Waals surface area (Å²) < 4.78 is 0. The van der Waals surface area contributed by atoms with Gasteiger partial charge in [-0.2, -0.15) is 0 Å². The van der Waals surface area contributed by atoms with Gasteiger partial charge in [-0.05, 0) is 39.3 Å². The van der Waals surface area contributed by atoms with Crippen molar-refractivity contribution in [3.05, 3.63) is 11.6 Å². The summed E-state index contributed by atoms with van der Waals surface area (Å²) in [4.78, 5) is 13.7. The van der Waals surface area contributed by atoms with Crippen LogP contribution in [0.25, 0.3) is 0 Å². The molecule has 0 bridgehead atoms. The summed E-state index contributed by atoms with van der Waals surface area (Å²) >= 11 is 0. The highest BCUT2D eigenvalue weighted by Gasteiger charge is 2.15. The van der Waals surface area contributed by atoms with E-state index < -0.39 is 0 Å². The highest BCUT2D eigenvalue weighted by Crippen LogP contribution is 2.13. The number of unbranched alkanes of at least 4 members (excludes halogenated alkanes) is 2. The summed E-state index contributed by atoms with van der Waals surface area (Å²) in [5, 5.41) is 0. The van der Waals surface area contributed by atoms with E-state index in [0.717, 1.165) is 25.9 Å². The number of carbonyl (C=O) groups is 1. The molecule has 1 atom stereocenters. The number of amides is 1. The van der Waals surface area contributed by atoms with E-state index in [-0.39, 0.29) is 5.91 Å². The summed E-state index contributed by atoms with van der Waals surface area (Å²) in [6.07, 6.45) is 9.14. The van der Waals surface area contributed by atoms with Crippen molar-refractivity contribution in [2.24, 2.45) is 5.73 Å². The SMILES string of the molecule is CCCCN(CCCC)C(C=C(C)C(N)=O)CCC. The maximum absolute atomic E-state index is 11.2. The second-order valence-electron chi connectivity index (χ2n) is 5.31. The number of primary amides is 1. The van der Waals surface area contributed by atoms with E-state index in [9.17, 15) is 4.79 Å². The highest BCUT2D eigenvalue weighted by atomic mass is 16.1. The van der Waals surface area contributed by atoms with Crippen molar-refractivity contribution >= 4 is 5.91 Å². The van der Waals surface area contributed by atoms with Crippen LogP contribution >= 0.6 is 0 Å². The Labute approximate surface area is 119 Å². The molecule has 0 spiro atoms. The number of rotatable bonds is 11. The zero-order chi connectivity index (χ0) is 14.7. The molecular formula is C16H32N2O. The van der Waals surface area contributed by atoms with Crippen molar-refractivity contribution in [1.82, 2.24) is 4.90 Å². The van der Waals surface area contributed by atoms with Gasteiger partial charge in [0.05, 0.1) is 0 Å².